The highest BCUT2D eigenvalue weighted by molar-refractivity contribution is 7.07. The molecule has 1 amide bonds. The van der Waals surface area contributed by atoms with E-state index < -0.39 is 0 Å². The van der Waals surface area contributed by atoms with E-state index in [2.05, 4.69) is 5.32 Å². The van der Waals surface area contributed by atoms with E-state index in [1.54, 1.807) is 23.9 Å². The van der Waals surface area contributed by atoms with Crippen molar-refractivity contribution in [2.24, 2.45) is 0 Å². The van der Waals surface area contributed by atoms with Crippen LogP contribution >= 0.6 is 11.3 Å². The highest BCUT2D eigenvalue weighted by Gasteiger charge is 2.04. The Labute approximate surface area is 127 Å². The van der Waals surface area contributed by atoms with Crippen molar-refractivity contribution >= 4 is 17.2 Å². The van der Waals surface area contributed by atoms with Crippen LogP contribution in [-0.4, -0.2) is 5.91 Å². The first-order chi connectivity index (χ1) is 10.3. The molecule has 3 nitrogen and oxygen atoms in total. The van der Waals surface area contributed by atoms with Crippen LogP contribution in [0, 0.1) is 0 Å². The predicted molar refractivity (Wildman–Crippen MR) is 84.0 cm³/mol. The molecule has 21 heavy (non-hydrogen) atoms. The van der Waals surface area contributed by atoms with E-state index in [1.807, 2.05) is 47.2 Å². The minimum absolute atomic E-state index is 0.0484. The van der Waals surface area contributed by atoms with Crippen molar-refractivity contribution in [3.63, 3.8) is 0 Å². The average molecular weight is 297 g/mol. The number of carbonyl (C=O) groups is 1. The van der Waals surface area contributed by atoms with Crippen molar-refractivity contribution in [3.8, 4) is 11.1 Å². The fraction of sp³-hybridized carbons (Fsp3) is 0.118. The molecule has 0 spiro atoms. The maximum absolute atomic E-state index is 11.8. The second-order valence-corrected chi connectivity index (χ2v) is 5.57. The fourth-order valence-corrected chi connectivity index (χ4v) is 2.75. The van der Waals surface area contributed by atoms with Crippen molar-refractivity contribution in [2.45, 2.75) is 13.0 Å². The second kappa shape index (κ2) is 6.41. The fourth-order valence-electron chi connectivity index (χ4n) is 2.09. The number of thiophene rings is 1. The molecule has 0 saturated carbocycles. The summed E-state index contributed by atoms with van der Waals surface area (Å²) in [6.45, 7) is 0.550. The Morgan fingerprint density at radius 3 is 2.57 bits per heavy atom. The van der Waals surface area contributed by atoms with Gasteiger partial charge in [0.15, 0.2) is 0 Å². The number of nitrogens with one attached hydrogen (secondary N) is 1. The Morgan fingerprint density at radius 1 is 1.05 bits per heavy atom. The molecule has 0 atom stereocenters. The van der Waals surface area contributed by atoms with Crippen molar-refractivity contribution in [3.05, 3.63) is 70.8 Å². The van der Waals surface area contributed by atoms with Crippen molar-refractivity contribution < 1.29 is 9.21 Å². The molecule has 2 aromatic heterocycles. The lowest BCUT2D eigenvalue weighted by molar-refractivity contribution is -0.120. The SMILES string of the molecule is O=C(Cc1ccsc1)NCc1ccc(-c2ccoc2)cc1. The van der Waals surface area contributed by atoms with E-state index in [1.165, 1.54) is 0 Å². The van der Waals surface area contributed by atoms with Crippen LogP contribution in [0.5, 0.6) is 0 Å². The Hall–Kier alpha value is -2.33. The maximum atomic E-state index is 11.8. The summed E-state index contributed by atoms with van der Waals surface area (Å²) in [5.41, 5.74) is 4.31. The first-order valence-electron chi connectivity index (χ1n) is 6.70. The minimum atomic E-state index is 0.0484. The largest absolute Gasteiger partial charge is 0.472 e. The summed E-state index contributed by atoms with van der Waals surface area (Å²) in [6, 6.07) is 12.0. The zero-order valence-corrected chi connectivity index (χ0v) is 12.2. The lowest BCUT2D eigenvalue weighted by Gasteiger charge is -2.05. The lowest BCUT2D eigenvalue weighted by Crippen LogP contribution is -2.24. The van der Waals surface area contributed by atoms with Gasteiger partial charge in [-0.25, -0.2) is 0 Å². The number of hydrogen-bond acceptors (Lipinski definition) is 3. The summed E-state index contributed by atoms with van der Waals surface area (Å²) < 4.78 is 5.07. The first kappa shape index (κ1) is 13.6. The van der Waals surface area contributed by atoms with Crippen LogP contribution < -0.4 is 5.32 Å². The second-order valence-electron chi connectivity index (χ2n) is 4.79. The summed E-state index contributed by atoms with van der Waals surface area (Å²) in [6.07, 6.45) is 3.82. The number of rotatable bonds is 5. The van der Waals surface area contributed by atoms with Gasteiger partial charge in [-0.1, -0.05) is 24.3 Å². The van der Waals surface area contributed by atoms with E-state index in [0.29, 0.717) is 13.0 Å². The molecule has 0 fully saturated rings. The molecule has 2 heterocycles. The number of furan rings is 1. The van der Waals surface area contributed by atoms with Crippen LogP contribution in [0.3, 0.4) is 0 Å². The molecule has 3 rings (SSSR count). The first-order valence-corrected chi connectivity index (χ1v) is 7.65. The minimum Gasteiger partial charge on any atom is -0.472 e. The molecular weight excluding hydrogens is 282 g/mol. The molecule has 0 aliphatic rings. The standard InChI is InChI=1S/C17H15NO2S/c19-17(9-14-6-8-21-12-14)18-10-13-1-3-15(4-2-13)16-5-7-20-11-16/h1-8,11-12H,9-10H2,(H,18,19). The zero-order chi connectivity index (χ0) is 14.5. The van der Waals surface area contributed by atoms with Gasteiger partial charge < -0.3 is 9.73 Å². The normalized spacial score (nSPS) is 10.5. The summed E-state index contributed by atoms with van der Waals surface area (Å²) in [4.78, 5) is 11.8. The van der Waals surface area contributed by atoms with Crippen molar-refractivity contribution in [1.29, 1.82) is 0 Å². The maximum Gasteiger partial charge on any atom is 0.224 e. The molecule has 3 aromatic rings. The molecule has 4 heteroatoms. The van der Waals surface area contributed by atoms with E-state index in [-0.39, 0.29) is 5.91 Å². The van der Waals surface area contributed by atoms with Crippen LogP contribution in [0.4, 0.5) is 0 Å². The summed E-state index contributed by atoms with van der Waals surface area (Å²) >= 11 is 1.61. The summed E-state index contributed by atoms with van der Waals surface area (Å²) in [7, 11) is 0. The molecule has 106 valence electrons. The van der Waals surface area contributed by atoms with E-state index in [4.69, 9.17) is 4.42 Å². The van der Waals surface area contributed by atoms with Crippen molar-refractivity contribution in [1.82, 2.24) is 5.32 Å². The van der Waals surface area contributed by atoms with Gasteiger partial charge in [-0.05, 0) is 39.6 Å². The van der Waals surface area contributed by atoms with Gasteiger partial charge in [0.25, 0.3) is 0 Å². The third-order valence-corrected chi connectivity index (χ3v) is 3.97. The highest BCUT2D eigenvalue weighted by atomic mass is 32.1. The number of amides is 1. The molecule has 0 radical (unpaired) electrons. The molecule has 1 aromatic carbocycles. The van der Waals surface area contributed by atoms with Gasteiger partial charge in [0, 0.05) is 12.1 Å². The van der Waals surface area contributed by atoms with Crippen LogP contribution in [0.25, 0.3) is 11.1 Å². The molecule has 0 saturated heterocycles. The van der Waals surface area contributed by atoms with Crippen LogP contribution in [0.15, 0.2) is 64.1 Å². The van der Waals surface area contributed by atoms with Gasteiger partial charge in [-0.2, -0.15) is 11.3 Å². The molecule has 0 bridgehead atoms. The van der Waals surface area contributed by atoms with E-state index in [0.717, 1.165) is 22.3 Å². The Bertz CT molecular complexity index is 685. The molecule has 0 aliphatic carbocycles. The highest BCUT2D eigenvalue weighted by Crippen LogP contribution is 2.19. The third-order valence-electron chi connectivity index (χ3n) is 3.24. The zero-order valence-electron chi connectivity index (χ0n) is 11.4. The van der Waals surface area contributed by atoms with Gasteiger partial charge >= 0.3 is 0 Å². The molecular formula is C17H15NO2S. The lowest BCUT2D eigenvalue weighted by atomic mass is 10.1. The predicted octanol–water partition coefficient (Wildman–Crippen LogP) is 3.87. The Balaban J connectivity index is 1.55. The number of benzene rings is 1. The Morgan fingerprint density at radius 2 is 1.90 bits per heavy atom. The quantitative estimate of drug-likeness (QED) is 0.777. The van der Waals surface area contributed by atoms with Gasteiger partial charge in [0.1, 0.15) is 0 Å². The topological polar surface area (TPSA) is 42.2 Å². The van der Waals surface area contributed by atoms with Crippen LogP contribution in [0.2, 0.25) is 0 Å². The van der Waals surface area contributed by atoms with E-state index >= 15 is 0 Å². The third kappa shape index (κ3) is 3.61. The van der Waals surface area contributed by atoms with Crippen LogP contribution in [0.1, 0.15) is 11.1 Å². The van der Waals surface area contributed by atoms with Crippen LogP contribution in [-0.2, 0) is 17.8 Å². The summed E-state index contributed by atoms with van der Waals surface area (Å²) in [5, 5.41) is 6.92. The molecule has 0 unspecified atom stereocenters. The van der Waals surface area contributed by atoms with Gasteiger partial charge in [-0.15, -0.1) is 0 Å². The number of carbonyl (C=O) groups excluding carboxylic acids is 1. The summed E-state index contributed by atoms with van der Waals surface area (Å²) in [5.74, 6) is 0.0484. The van der Waals surface area contributed by atoms with Gasteiger partial charge in [0.05, 0.1) is 18.9 Å². The van der Waals surface area contributed by atoms with Crippen molar-refractivity contribution in [2.75, 3.05) is 0 Å². The molecule has 1 N–H and O–H groups in total. The Kier molecular flexibility index (Phi) is 4.17. The van der Waals surface area contributed by atoms with E-state index in [9.17, 15) is 4.79 Å². The monoisotopic (exact) mass is 297 g/mol. The smallest absolute Gasteiger partial charge is 0.224 e. The number of hydrogen-bond donors (Lipinski definition) is 1. The van der Waals surface area contributed by atoms with Gasteiger partial charge in [0.2, 0.25) is 5.91 Å². The van der Waals surface area contributed by atoms with Gasteiger partial charge in [-0.3, -0.25) is 4.79 Å². The average Bonchev–Trinajstić information content (AvgIpc) is 3.19. The molecule has 0 aliphatic heterocycles.